The zero-order valence-corrected chi connectivity index (χ0v) is 21.0. The Hall–Kier alpha value is -2.24. The van der Waals surface area contributed by atoms with E-state index < -0.39 is 21.9 Å². The summed E-state index contributed by atoms with van der Waals surface area (Å²) in [6, 6.07) is 0. The Labute approximate surface area is 198 Å². The van der Waals surface area contributed by atoms with Crippen LogP contribution in [-0.4, -0.2) is 53.6 Å². The lowest BCUT2D eigenvalue weighted by molar-refractivity contribution is -0.120. The number of thiophene rings is 1. The van der Waals surface area contributed by atoms with Crippen molar-refractivity contribution in [2.45, 2.75) is 63.9 Å². The maximum Gasteiger partial charge on any atom is 0.341 e. The van der Waals surface area contributed by atoms with Gasteiger partial charge >= 0.3 is 5.97 Å². The van der Waals surface area contributed by atoms with Crippen molar-refractivity contribution in [2.75, 3.05) is 18.4 Å². The Morgan fingerprint density at radius 1 is 1.27 bits per heavy atom. The first kappa shape index (κ1) is 23.9. The normalized spacial score (nSPS) is 19.0. The van der Waals surface area contributed by atoms with Crippen molar-refractivity contribution in [1.82, 2.24) is 14.1 Å². The molecule has 0 bridgehead atoms. The van der Waals surface area contributed by atoms with Gasteiger partial charge in [0.2, 0.25) is 15.9 Å². The van der Waals surface area contributed by atoms with Gasteiger partial charge in [0.25, 0.3) is 0 Å². The van der Waals surface area contributed by atoms with E-state index in [0.717, 1.165) is 29.7 Å². The number of hydrogen-bond acceptors (Lipinski definition) is 7. The van der Waals surface area contributed by atoms with E-state index in [1.54, 1.807) is 27.8 Å². The second-order valence-corrected chi connectivity index (χ2v) is 11.9. The summed E-state index contributed by atoms with van der Waals surface area (Å²) in [5, 5.41) is 7.49. The number of sulfonamides is 1. The van der Waals surface area contributed by atoms with Crippen molar-refractivity contribution in [1.29, 1.82) is 0 Å². The molecule has 1 atom stereocenters. The van der Waals surface area contributed by atoms with E-state index >= 15 is 0 Å². The van der Waals surface area contributed by atoms with Gasteiger partial charge in [0.15, 0.2) is 0 Å². The predicted molar refractivity (Wildman–Crippen MR) is 125 cm³/mol. The van der Waals surface area contributed by atoms with Crippen LogP contribution in [0.3, 0.4) is 0 Å². The Kier molecular flexibility index (Phi) is 6.66. The lowest BCUT2D eigenvalue weighted by atomic mass is 9.99. The molecule has 2 aromatic rings. The monoisotopic (exact) mass is 494 g/mol. The standard InChI is InChI=1S/C22H30N4O5S2/c1-13(2)31-22(28)19-16-8-5-9-17(16)32-21(19)24-20(27)15-7-6-10-26(12-15)33(29,30)18-11-23-25(4)14(18)3/h11,13,15H,5-10,12H2,1-4H3,(H,24,27)/t15-/m1/s1. The third kappa shape index (κ3) is 4.58. The maximum absolute atomic E-state index is 13.2. The average molecular weight is 495 g/mol. The number of aryl methyl sites for hydroxylation is 2. The molecule has 1 aliphatic heterocycles. The van der Waals surface area contributed by atoms with Gasteiger partial charge < -0.3 is 10.1 Å². The first-order valence-corrected chi connectivity index (χ1v) is 13.5. The Balaban J connectivity index is 1.53. The molecule has 1 fully saturated rings. The van der Waals surface area contributed by atoms with Crippen LogP contribution in [0.1, 0.15) is 59.6 Å². The minimum Gasteiger partial charge on any atom is -0.459 e. The zero-order chi connectivity index (χ0) is 23.9. The SMILES string of the molecule is Cc1c(S(=O)(=O)N2CCC[C@@H](C(=O)Nc3sc4c(c3C(=O)OC(C)C)CCC4)C2)cnn1C. The summed E-state index contributed by atoms with van der Waals surface area (Å²) in [5.41, 5.74) is 1.99. The van der Waals surface area contributed by atoms with Crippen LogP contribution in [0.15, 0.2) is 11.1 Å². The molecule has 33 heavy (non-hydrogen) atoms. The Bertz CT molecular complexity index is 1180. The molecule has 180 valence electrons. The van der Waals surface area contributed by atoms with E-state index in [1.165, 1.54) is 26.5 Å². The summed E-state index contributed by atoms with van der Waals surface area (Å²) >= 11 is 1.43. The minimum atomic E-state index is -3.75. The Morgan fingerprint density at radius 3 is 2.70 bits per heavy atom. The quantitative estimate of drug-likeness (QED) is 0.618. The van der Waals surface area contributed by atoms with Gasteiger partial charge in [-0.3, -0.25) is 9.48 Å². The summed E-state index contributed by atoms with van der Waals surface area (Å²) in [7, 11) is -2.05. The number of anilines is 1. The molecule has 0 unspecified atom stereocenters. The van der Waals surface area contributed by atoms with E-state index in [0.29, 0.717) is 35.6 Å². The number of fused-ring (bicyclic) bond motifs is 1. The molecule has 0 radical (unpaired) electrons. The molecule has 9 nitrogen and oxygen atoms in total. The van der Waals surface area contributed by atoms with Gasteiger partial charge in [-0.25, -0.2) is 13.2 Å². The Morgan fingerprint density at radius 2 is 2.03 bits per heavy atom. The fraction of sp³-hybridized carbons (Fsp3) is 0.591. The van der Waals surface area contributed by atoms with Crippen LogP contribution in [0.2, 0.25) is 0 Å². The highest BCUT2D eigenvalue weighted by Gasteiger charge is 2.36. The van der Waals surface area contributed by atoms with Crippen molar-refractivity contribution in [3.63, 3.8) is 0 Å². The van der Waals surface area contributed by atoms with Crippen molar-refractivity contribution >= 4 is 38.2 Å². The molecule has 0 aromatic carbocycles. The fourth-order valence-corrected chi connectivity index (χ4v) is 7.43. The molecule has 4 rings (SSSR count). The third-order valence-electron chi connectivity index (χ3n) is 6.27. The molecule has 1 saturated heterocycles. The number of aromatic nitrogens is 2. The molecule has 1 aliphatic carbocycles. The van der Waals surface area contributed by atoms with Gasteiger partial charge in [-0.2, -0.15) is 9.40 Å². The molecular formula is C22H30N4O5S2. The van der Waals surface area contributed by atoms with Gasteiger partial charge in [0.1, 0.15) is 9.90 Å². The van der Waals surface area contributed by atoms with Crippen LogP contribution in [-0.2, 0) is 39.4 Å². The number of amides is 1. The van der Waals surface area contributed by atoms with Crippen molar-refractivity contribution < 1.29 is 22.7 Å². The molecule has 1 amide bonds. The largest absolute Gasteiger partial charge is 0.459 e. The number of carbonyl (C=O) groups is 2. The van der Waals surface area contributed by atoms with Crippen LogP contribution in [0.4, 0.5) is 5.00 Å². The predicted octanol–water partition coefficient (Wildman–Crippen LogP) is 2.88. The second-order valence-electron chi connectivity index (χ2n) is 8.92. The second kappa shape index (κ2) is 9.19. The summed E-state index contributed by atoms with van der Waals surface area (Å²) < 4.78 is 34.7. The smallest absolute Gasteiger partial charge is 0.341 e. The van der Waals surface area contributed by atoms with Crippen LogP contribution in [0, 0.1) is 12.8 Å². The molecule has 3 heterocycles. The van der Waals surface area contributed by atoms with E-state index in [1.807, 2.05) is 0 Å². The van der Waals surface area contributed by atoms with Crippen LogP contribution in [0.25, 0.3) is 0 Å². The molecule has 2 aromatic heterocycles. The number of piperidine rings is 1. The van der Waals surface area contributed by atoms with Gasteiger partial charge in [-0.15, -0.1) is 11.3 Å². The zero-order valence-electron chi connectivity index (χ0n) is 19.4. The highest BCUT2D eigenvalue weighted by molar-refractivity contribution is 7.89. The number of rotatable bonds is 6. The van der Waals surface area contributed by atoms with Crippen molar-refractivity contribution in [3.05, 3.63) is 27.9 Å². The average Bonchev–Trinajstić information content (AvgIpc) is 3.42. The summed E-state index contributed by atoms with van der Waals surface area (Å²) in [5.74, 6) is -1.19. The van der Waals surface area contributed by atoms with Gasteiger partial charge in [-0.05, 0) is 58.4 Å². The summed E-state index contributed by atoms with van der Waals surface area (Å²) in [6.45, 7) is 5.76. The van der Waals surface area contributed by atoms with Crippen LogP contribution < -0.4 is 5.32 Å². The van der Waals surface area contributed by atoms with Gasteiger partial charge in [0.05, 0.1) is 29.5 Å². The van der Waals surface area contributed by atoms with E-state index in [-0.39, 0.29) is 23.5 Å². The number of hydrogen-bond donors (Lipinski definition) is 1. The lowest BCUT2D eigenvalue weighted by Crippen LogP contribution is -2.43. The van der Waals surface area contributed by atoms with Crippen molar-refractivity contribution in [3.8, 4) is 0 Å². The highest BCUT2D eigenvalue weighted by Crippen LogP contribution is 2.40. The number of esters is 1. The molecular weight excluding hydrogens is 464 g/mol. The summed E-state index contributed by atoms with van der Waals surface area (Å²) in [6.07, 6.45) is 4.93. The number of ether oxygens (including phenoxy) is 1. The number of nitrogens with zero attached hydrogens (tertiary/aromatic N) is 3. The first-order chi connectivity index (χ1) is 15.6. The number of nitrogens with one attached hydrogen (secondary N) is 1. The van der Waals surface area contributed by atoms with Crippen LogP contribution in [0.5, 0.6) is 0 Å². The van der Waals surface area contributed by atoms with Crippen LogP contribution >= 0.6 is 11.3 Å². The topological polar surface area (TPSA) is 111 Å². The maximum atomic E-state index is 13.2. The van der Waals surface area contributed by atoms with E-state index in [4.69, 9.17) is 4.74 Å². The first-order valence-electron chi connectivity index (χ1n) is 11.2. The summed E-state index contributed by atoms with van der Waals surface area (Å²) in [4.78, 5) is 27.2. The molecule has 2 aliphatic rings. The van der Waals surface area contributed by atoms with E-state index in [9.17, 15) is 18.0 Å². The van der Waals surface area contributed by atoms with Crippen molar-refractivity contribution in [2.24, 2.45) is 13.0 Å². The number of carbonyl (C=O) groups excluding carboxylic acids is 2. The lowest BCUT2D eigenvalue weighted by Gasteiger charge is -2.31. The molecule has 0 saturated carbocycles. The molecule has 1 N–H and O–H groups in total. The third-order valence-corrected chi connectivity index (χ3v) is 9.44. The fourth-order valence-electron chi connectivity index (χ4n) is 4.44. The van der Waals surface area contributed by atoms with Gasteiger partial charge in [0, 0.05) is 25.0 Å². The van der Waals surface area contributed by atoms with Gasteiger partial charge in [-0.1, -0.05) is 0 Å². The molecule has 0 spiro atoms. The minimum absolute atomic E-state index is 0.0966. The van der Waals surface area contributed by atoms with E-state index in [2.05, 4.69) is 10.4 Å². The highest BCUT2D eigenvalue weighted by atomic mass is 32.2. The molecule has 11 heteroatoms.